The number of thiophene rings is 1. The number of nitrogens with one attached hydrogen (secondary N) is 1. The fraction of sp³-hybridized carbons (Fsp3) is 0.500. The highest BCUT2D eigenvalue weighted by atomic mass is 32.1. The van der Waals surface area contributed by atoms with E-state index in [1.165, 1.54) is 4.88 Å². The molecule has 1 aromatic heterocycles. The molecule has 1 rings (SSSR count). The Morgan fingerprint density at radius 2 is 2.31 bits per heavy atom. The molecule has 0 saturated heterocycles. The van der Waals surface area contributed by atoms with Crippen LogP contribution in [0.4, 0.5) is 5.00 Å². The average Bonchev–Trinajstić information content (AvgIpc) is 2.42. The summed E-state index contributed by atoms with van der Waals surface area (Å²) in [5.74, 6) is 0.606. The monoisotopic (exact) mass is 194 g/mol. The summed E-state index contributed by atoms with van der Waals surface area (Å²) in [5.41, 5.74) is 0.767. The number of nitrogens with zero attached hydrogens (tertiary/aromatic N) is 1. The van der Waals surface area contributed by atoms with Crippen LogP contribution in [0.25, 0.3) is 0 Å². The van der Waals surface area contributed by atoms with E-state index in [2.05, 4.69) is 25.2 Å². The van der Waals surface area contributed by atoms with Gasteiger partial charge in [0, 0.05) is 11.4 Å². The van der Waals surface area contributed by atoms with Crippen molar-refractivity contribution in [3.05, 3.63) is 16.5 Å². The fourth-order valence-electron chi connectivity index (χ4n) is 1.03. The number of nitriles is 1. The molecule has 0 bridgehead atoms. The van der Waals surface area contributed by atoms with Gasteiger partial charge in [0.1, 0.15) is 11.1 Å². The van der Waals surface area contributed by atoms with E-state index in [1.54, 1.807) is 11.3 Å². The quantitative estimate of drug-likeness (QED) is 0.803. The lowest BCUT2D eigenvalue weighted by molar-refractivity contribution is 0.690. The summed E-state index contributed by atoms with van der Waals surface area (Å²) in [5, 5.41) is 13.1. The first-order valence-electron chi connectivity index (χ1n) is 4.38. The number of aryl methyl sites for hydroxylation is 1. The first kappa shape index (κ1) is 10.1. The van der Waals surface area contributed by atoms with Gasteiger partial charge < -0.3 is 5.32 Å². The minimum Gasteiger partial charge on any atom is -0.376 e. The van der Waals surface area contributed by atoms with Crippen molar-refractivity contribution in [2.45, 2.75) is 20.8 Å². The van der Waals surface area contributed by atoms with E-state index >= 15 is 0 Å². The van der Waals surface area contributed by atoms with Gasteiger partial charge in [-0.1, -0.05) is 13.8 Å². The van der Waals surface area contributed by atoms with E-state index in [-0.39, 0.29) is 0 Å². The smallest absolute Gasteiger partial charge is 0.107 e. The lowest BCUT2D eigenvalue weighted by Gasteiger charge is -2.06. The first-order chi connectivity index (χ1) is 6.13. The third-order valence-electron chi connectivity index (χ3n) is 1.65. The maximum absolute atomic E-state index is 8.81. The highest BCUT2D eigenvalue weighted by molar-refractivity contribution is 7.16. The summed E-state index contributed by atoms with van der Waals surface area (Å²) in [4.78, 5) is 1.18. The molecule has 2 nitrogen and oxygen atoms in total. The van der Waals surface area contributed by atoms with Crippen LogP contribution in [0.2, 0.25) is 0 Å². The van der Waals surface area contributed by atoms with Crippen LogP contribution in [0.5, 0.6) is 0 Å². The highest BCUT2D eigenvalue weighted by Gasteiger charge is 2.05. The van der Waals surface area contributed by atoms with E-state index in [9.17, 15) is 0 Å². The second kappa shape index (κ2) is 4.29. The van der Waals surface area contributed by atoms with Gasteiger partial charge in [-0.25, -0.2) is 0 Å². The third-order valence-corrected chi connectivity index (χ3v) is 2.65. The number of hydrogen-bond acceptors (Lipinski definition) is 3. The second-order valence-corrected chi connectivity index (χ2v) is 4.74. The average molecular weight is 194 g/mol. The number of anilines is 1. The molecular formula is C10H14N2S. The van der Waals surface area contributed by atoms with E-state index in [0.29, 0.717) is 5.92 Å². The molecule has 0 saturated carbocycles. The van der Waals surface area contributed by atoms with Crippen LogP contribution in [0.15, 0.2) is 6.07 Å². The predicted octanol–water partition coefficient (Wildman–Crippen LogP) is 3.00. The van der Waals surface area contributed by atoms with Crippen LogP contribution in [0, 0.1) is 24.2 Å². The molecule has 0 aromatic carbocycles. The lowest BCUT2D eigenvalue weighted by Crippen LogP contribution is -2.07. The maximum Gasteiger partial charge on any atom is 0.107 e. The standard InChI is InChI=1S/C10H14N2S/c1-7(2)6-12-10-9(5-11)4-8(3)13-10/h4,7,12H,6H2,1-3H3. The Morgan fingerprint density at radius 1 is 1.62 bits per heavy atom. The molecule has 0 spiro atoms. The van der Waals surface area contributed by atoms with Crippen LogP contribution < -0.4 is 5.32 Å². The van der Waals surface area contributed by atoms with Gasteiger partial charge in [-0.05, 0) is 18.9 Å². The van der Waals surface area contributed by atoms with Crippen molar-refractivity contribution >= 4 is 16.3 Å². The van der Waals surface area contributed by atoms with Crippen molar-refractivity contribution < 1.29 is 0 Å². The minimum atomic E-state index is 0.606. The van der Waals surface area contributed by atoms with Gasteiger partial charge in [0.2, 0.25) is 0 Å². The molecule has 0 atom stereocenters. The van der Waals surface area contributed by atoms with Crippen molar-refractivity contribution in [1.82, 2.24) is 0 Å². The Balaban J connectivity index is 2.71. The fourth-order valence-corrected chi connectivity index (χ4v) is 1.89. The van der Waals surface area contributed by atoms with E-state index < -0.39 is 0 Å². The Bertz CT molecular complexity index is 320. The third kappa shape index (κ3) is 2.74. The lowest BCUT2D eigenvalue weighted by atomic mass is 10.2. The molecule has 0 aliphatic carbocycles. The topological polar surface area (TPSA) is 35.8 Å². The van der Waals surface area contributed by atoms with E-state index in [0.717, 1.165) is 17.1 Å². The van der Waals surface area contributed by atoms with Gasteiger partial charge in [-0.15, -0.1) is 11.3 Å². The molecule has 0 unspecified atom stereocenters. The van der Waals surface area contributed by atoms with Gasteiger partial charge in [0.25, 0.3) is 0 Å². The highest BCUT2D eigenvalue weighted by Crippen LogP contribution is 2.26. The van der Waals surface area contributed by atoms with Gasteiger partial charge in [-0.2, -0.15) is 5.26 Å². The van der Waals surface area contributed by atoms with Crippen LogP contribution in [0.3, 0.4) is 0 Å². The Labute approximate surface area is 83.2 Å². The summed E-state index contributed by atoms with van der Waals surface area (Å²) in [6.07, 6.45) is 0. The van der Waals surface area contributed by atoms with Crippen molar-refractivity contribution in [3.8, 4) is 6.07 Å². The molecule has 0 radical (unpaired) electrons. The molecule has 0 amide bonds. The van der Waals surface area contributed by atoms with Crippen molar-refractivity contribution in [2.24, 2.45) is 5.92 Å². The van der Waals surface area contributed by atoms with E-state index in [4.69, 9.17) is 5.26 Å². The summed E-state index contributed by atoms with van der Waals surface area (Å²) < 4.78 is 0. The minimum absolute atomic E-state index is 0.606. The molecule has 1 aromatic rings. The van der Waals surface area contributed by atoms with Gasteiger partial charge in [0.05, 0.1) is 5.56 Å². The largest absolute Gasteiger partial charge is 0.376 e. The Kier molecular flexibility index (Phi) is 3.32. The maximum atomic E-state index is 8.81. The summed E-state index contributed by atoms with van der Waals surface area (Å²) in [6.45, 7) is 7.25. The zero-order chi connectivity index (χ0) is 9.84. The van der Waals surface area contributed by atoms with Crippen molar-refractivity contribution in [3.63, 3.8) is 0 Å². The van der Waals surface area contributed by atoms with Gasteiger partial charge in [0.15, 0.2) is 0 Å². The van der Waals surface area contributed by atoms with Gasteiger partial charge >= 0.3 is 0 Å². The normalized spacial score (nSPS) is 10.1. The molecule has 1 heterocycles. The van der Waals surface area contributed by atoms with Gasteiger partial charge in [-0.3, -0.25) is 0 Å². The Morgan fingerprint density at radius 3 is 2.85 bits per heavy atom. The van der Waals surface area contributed by atoms with Crippen LogP contribution in [0.1, 0.15) is 24.3 Å². The number of hydrogen-bond donors (Lipinski definition) is 1. The summed E-state index contributed by atoms with van der Waals surface area (Å²) >= 11 is 1.65. The van der Waals surface area contributed by atoms with Crippen LogP contribution in [-0.4, -0.2) is 6.54 Å². The molecule has 0 aliphatic rings. The zero-order valence-electron chi connectivity index (χ0n) is 8.22. The van der Waals surface area contributed by atoms with E-state index in [1.807, 2.05) is 13.0 Å². The SMILES string of the molecule is Cc1cc(C#N)c(NCC(C)C)s1. The molecule has 13 heavy (non-hydrogen) atoms. The zero-order valence-corrected chi connectivity index (χ0v) is 9.03. The molecule has 0 fully saturated rings. The van der Waals surface area contributed by atoms with Crippen LogP contribution >= 0.6 is 11.3 Å². The molecule has 70 valence electrons. The van der Waals surface area contributed by atoms with Crippen molar-refractivity contribution in [2.75, 3.05) is 11.9 Å². The molecule has 1 N–H and O–H groups in total. The predicted molar refractivity (Wildman–Crippen MR) is 57.1 cm³/mol. The molecule has 3 heteroatoms. The van der Waals surface area contributed by atoms with Crippen molar-refractivity contribution in [1.29, 1.82) is 5.26 Å². The second-order valence-electron chi connectivity index (χ2n) is 3.49. The summed E-state index contributed by atoms with van der Waals surface area (Å²) in [7, 11) is 0. The molecular weight excluding hydrogens is 180 g/mol. The van der Waals surface area contributed by atoms with Crippen LogP contribution in [-0.2, 0) is 0 Å². The molecule has 0 aliphatic heterocycles. The Hall–Kier alpha value is -1.01. The first-order valence-corrected chi connectivity index (χ1v) is 5.19. The number of rotatable bonds is 3. The summed E-state index contributed by atoms with van der Waals surface area (Å²) in [6, 6.07) is 4.11.